The summed E-state index contributed by atoms with van der Waals surface area (Å²) in [5.74, 6) is 0. The molecule has 0 fully saturated rings. The molecule has 0 saturated heterocycles. The Morgan fingerprint density at radius 2 is 1.76 bits per heavy atom. The van der Waals surface area contributed by atoms with Crippen molar-refractivity contribution in [3.05, 3.63) is 29.3 Å². The molecule has 0 saturated carbocycles. The van der Waals surface area contributed by atoms with Gasteiger partial charge in [0.2, 0.25) is 10.0 Å². The highest BCUT2D eigenvalue weighted by Gasteiger charge is 2.39. The second-order valence-corrected chi connectivity index (χ2v) is 7.13. The minimum atomic E-state index is -4.69. The number of hydrogen-bond donors (Lipinski definition) is 2. The third-order valence-corrected chi connectivity index (χ3v) is 4.51. The maximum atomic E-state index is 12.5. The number of rotatable bonds is 4. The van der Waals surface area contributed by atoms with Crippen LogP contribution < -0.4 is 4.72 Å². The van der Waals surface area contributed by atoms with Crippen LogP contribution in [0, 0.1) is 6.92 Å². The van der Waals surface area contributed by atoms with Gasteiger partial charge >= 0.3 is 6.18 Å². The maximum absolute atomic E-state index is 12.5. The summed E-state index contributed by atoms with van der Waals surface area (Å²) in [5.41, 5.74) is -0.767. The fourth-order valence-corrected chi connectivity index (χ4v) is 3.29. The van der Waals surface area contributed by atoms with Crippen molar-refractivity contribution in [3.63, 3.8) is 0 Å². The van der Waals surface area contributed by atoms with Gasteiger partial charge in [-0.15, -0.1) is 0 Å². The maximum Gasteiger partial charge on any atom is 0.404 e. The van der Waals surface area contributed by atoms with Crippen LogP contribution in [0.1, 0.15) is 31.9 Å². The smallest absolute Gasteiger partial charge is 0.386 e. The molecule has 0 bridgehead atoms. The van der Waals surface area contributed by atoms with Gasteiger partial charge in [-0.25, -0.2) is 8.42 Å². The van der Waals surface area contributed by atoms with Crippen molar-refractivity contribution in [2.45, 2.75) is 50.4 Å². The van der Waals surface area contributed by atoms with Crippen LogP contribution in [0.2, 0.25) is 0 Å². The van der Waals surface area contributed by atoms with E-state index in [0.717, 1.165) is 6.92 Å². The number of aliphatic hydroxyl groups is 1. The number of hydrogen-bond acceptors (Lipinski definition) is 3. The van der Waals surface area contributed by atoms with E-state index in [1.807, 2.05) is 0 Å². The van der Waals surface area contributed by atoms with Crippen LogP contribution in [0.25, 0.3) is 0 Å². The van der Waals surface area contributed by atoms with Crippen LogP contribution in [-0.2, 0) is 15.6 Å². The molecule has 0 spiro atoms. The molecule has 1 aromatic carbocycles. The topological polar surface area (TPSA) is 66.4 Å². The molecular formula is C13H18F3NO3S. The Kier molecular flexibility index (Phi) is 4.77. The van der Waals surface area contributed by atoms with Crippen LogP contribution in [0.3, 0.4) is 0 Å². The Balaban J connectivity index is 3.33. The Morgan fingerprint density at radius 1 is 1.24 bits per heavy atom. The summed E-state index contributed by atoms with van der Waals surface area (Å²) in [6, 6.07) is 1.86. The van der Waals surface area contributed by atoms with Crippen molar-refractivity contribution in [2.24, 2.45) is 0 Å². The molecule has 21 heavy (non-hydrogen) atoms. The number of nitrogens with one attached hydrogen (secondary N) is 1. The molecule has 0 radical (unpaired) electrons. The minimum absolute atomic E-state index is 0.0457. The normalized spacial score (nSPS) is 15.0. The van der Waals surface area contributed by atoms with E-state index in [9.17, 15) is 26.7 Å². The van der Waals surface area contributed by atoms with Gasteiger partial charge in [0, 0.05) is 5.56 Å². The van der Waals surface area contributed by atoms with Gasteiger partial charge < -0.3 is 5.11 Å². The summed E-state index contributed by atoms with van der Waals surface area (Å²) < 4.78 is 63.4. The average Bonchev–Trinajstić information content (AvgIpc) is 2.25. The summed E-state index contributed by atoms with van der Waals surface area (Å²) in [6.45, 7) is 5.15. The number of sulfonamides is 1. The van der Waals surface area contributed by atoms with Crippen LogP contribution in [0.5, 0.6) is 0 Å². The highest BCUT2D eigenvalue weighted by molar-refractivity contribution is 7.89. The van der Waals surface area contributed by atoms with Gasteiger partial charge in [0.05, 0.1) is 10.5 Å². The Morgan fingerprint density at radius 3 is 2.19 bits per heavy atom. The van der Waals surface area contributed by atoms with E-state index in [4.69, 9.17) is 0 Å². The predicted octanol–water partition coefficient (Wildman–Crippen LogP) is 2.45. The van der Waals surface area contributed by atoms with E-state index in [0.29, 0.717) is 5.56 Å². The molecule has 4 nitrogen and oxygen atoms in total. The number of aryl methyl sites for hydroxylation is 1. The quantitative estimate of drug-likeness (QED) is 0.893. The summed E-state index contributed by atoms with van der Waals surface area (Å²) in [6.07, 6.45) is -4.69. The molecule has 1 aromatic rings. The summed E-state index contributed by atoms with van der Waals surface area (Å²) in [5, 5.41) is 10.0. The predicted molar refractivity (Wildman–Crippen MR) is 72.3 cm³/mol. The number of halogens is 3. The van der Waals surface area contributed by atoms with Crippen molar-refractivity contribution >= 4 is 10.0 Å². The van der Waals surface area contributed by atoms with Gasteiger partial charge in [-0.05, 0) is 33.8 Å². The molecule has 0 amide bonds. The second kappa shape index (κ2) is 5.58. The summed E-state index contributed by atoms with van der Waals surface area (Å²) in [7, 11) is -4.40. The summed E-state index contributed by atoms with van der Waals surface area (Å²) in [4.78, 5) is -0.364. The van der Waals surface area contributed by atoms with E-state index in [1.54, 1.807) is 11.6 Å². The van der Waals surface area contributed by atoms with Gasteiger partial charge in [-0.1, -0.05) is 17.7 Å². The molecule has 2 N–H and O–H groups in total. The fourth-order valence-electron chi connectivity index (χ4n) is 1.72. The molecule has 0 aromatic heterocycles. The molecule has 120 valence electrons. The average molecular weight is 325 g/mol. The Bertz CT molecular complexity index is 619. The third-order valence-electron chi connectivity index (χ3n) is 2.91. The lowest BCUT2D eigenvalue weighted by molar-refractivity contribution is -0.147. The van der Waals surface area contributed by atoms with E-state index in [1.165, 1.54) is 32.0 Å². The molecule has 0 aliphatic heterocycles. The SMILES string of the molecule is Cc1ccc(S(=O)(=O)NC(C)C(F)(F)F)c(C(C)(C)O)c1. The Hall–Kier alpha value is -1.12. The van der Waals surface area contributed by atoms with Crippen LogP contribution in [-0.4, -0.2) is 25.7 Å². The van der Waals surface area contributed by atoms with Crippen molar-refractivity contribution in [1.29, 1.82) is 0 Å². The molecule has 0 aliphatic carbocycles. The molecule has 8 heteroatoms. The monoisotopic (exact) mass is 325 g/mol. The van der Waals surface area contributed by atoms with E-state index in [-0.39, 0.29) is 10.5 Å². The lowest BCUT2D eigenvalue weighted by atomic mass is 9.97. The highest BCUT2D eigenvalue weighted by Crippen LogP contribution is 2.29. The van der Waals surface area contributed by atoms with Gasteiger partial charge in [-0.3, -0.25) is 0 Å². The van der Waals surface area contributed by atoms with Gasteiger partial charge in [-0.2, -0.15) is 17.9 Å². The van der Waals surface area contributed by atoms with Crippen LogP contribution in [0.4, 0.5) is 13.2 Å². The lowest BCUT2D eigenvalue weighted by Gasteiger charge is -2.24. The lowest BCUT2D eigenvalue weighted by Crippen LogP contribution is -2.43. The van der Waals surface area contributed by atoms with Crippen molar-refractivity contribution < 1.29 is 26.7 Å². The van der Waals surface area contributed by atoms with Crippen LogP contribution >= 0.6 is 0 Å². The zero-order valence-corrected chi connectivity index (χ0v) is 12.9. The second-order valence-electron chi connectivity index (χ2n) is 5.44. The standard InChI is InChI=1S/C13H18F3NO3S/c1-8-5-6-11(10(7-8)12(3,4)18)21(19,20)17-9(2)13(14,15)16/h5-7,9,17-18H,1-4H3. The van der Waals surface area contributed by atoms with Crippen molar-refractivity contribution in [1.82, 2.24) is 4.72 Å². The third kappa shape index (κ3) is 4.42. The van der Waals surface area contributed by atoms with Gasteiger partial charge in [0.15, 0.2) is 0 Å². The molecule has 1 rings (SSSR count). The summed E-state index contributed by atoms with van der Waals surface area (Å²) >= 11 is 0. The van der Waals surface area contributed by atoms with E-state index in [2.05, 4.69) is 0 Å². The first-order chi connectivity index (χ1) is 9.25. The van der Waals surface area contributed by atoms with Gasteiger partial charge in [0.1, 0.15) is 6.04 Å². The Labute approximate surface area is 122 Å². The van der Waals surface area contributed by atoms with Crippen molar-refractivity contribution in [3.8, 4) is 0 Å². The molecule has 0 heterocycles. The first-order valence-electron chi connectivity index (χ1n) is 6.17. The molecule has 1 unspecified atom stereocenters. The number of benzene rings is 1. The first-order valence-corrected chi connectivity index (χ1v) is 7.66. The molecular weight excluding hydrogens is 307 g/mol. The molecule has 1 atom stereocenters. The highest BCUT2D eigenvalue weighted by atomic mass is 32.2. The zero-order valence-electron chi connectivity index (χ0n) is 12.1. The first kappa shape index (κ1) is 17.9. The largest absolute Gasteiger partial charge is 0.404 e. The van der Waals surface area contributed by atoms with Crippen LogP contribution in [0.15, 0.2) is 23.1 Å². The zero-order chi connectivity index (χ0) is 16.6. The molecule has 0 aliphatic rings. The van der Waals surface area contributed by atoms with E-state index >= 15 is 0 Å². The number of alkyl halides is 3. The van der Waals surface area contributed by atoms with Crippen molar-refractivity contribution in [2.75, 3.05) is 0 Å². The minimum Gasteiger partial charge on any atom is -0.386 e. The van der Waals surface area contributed by atoms with E-state index < -0.39 is 27.8 Å². The van der Waals surface area contributed by atoms with Gasteiger partial charge in [0.25, 0.3) is 0 Å². The fraction of sp³-hybridized carbons (Fsp3) is 0.538.